The summed E-state index contributed by atoms with van der Waals surface area (Å²) in [4.78, 5) is 13.9. The number of carbonyl (C=O) groups is 1. The first-order valence-corrected chi connectivity index (χ1v) is 8.66. The summed E-state index contributed by atoms with van der Waals surface area (Å²) < 4.78 is 36.7. The third-order valence-electron chi connectivity index (χ3n) is 3.71. The normalized spacial score (nSPS) is 17.3. The molecule has 1 fully saturated rings. The Balaban J connectivity index is 1.86. The van der Waals surface area contributed by atoms with Crippen LogP contribution in [-0.4, -0.2) is 49.7 Å². The van der Waals surface area contributed by atoms with E-state index >= 15 is 0 Å². The molecule has 1 aliphatic rings. The van der Waals surface area contributed by atoms with E-state index in [-0.39, 0.29) is 18.3 Å². The third-order valence-corrected chi connectivity index (χ3v) is 4.79. The molecule has 0 atom stereocenters. The van der Waals surface area contributed by atoms with Gasteiger partial charge >= 0.3 is 0 Å². The van der Waals surface area contributed by atoms with Crippen LogP contribution in [0.25, 0.3) is 0 Å². The third kappa shape index (κ3) is 4.75. The summed E-state index contributed by atoms with van der Waals surface area (Å²) in [6.07, 6.45) is 1.42. The molecule has 0 aliphatic carbocycles. The minimum atomic E-state index is -3.70. The zero-order valence-corrected chi connectivity index (χ0v) is 13.1. The summed E-state index contributed by atoms with van der Waals surface area (Å²) in [6, 6.07) is 6.06. The van der Waals surface area contributed by atoms with Crippen LogP contribution in [0, 0.1) is 5.82 Å². The van der Waals surface area contributed by atoms with Gasteiger partial charge in [0.25, 0.3) is 10.2 Å². The van der Waals surface area contributed by atoms with E-state index in [1.807, 2.05) is 0 Å². The van der Waals surface area contributed by atoms with Crippen LogP contribution in [0.3, 0.4) is 0 Å². The second-order valence-corrected chi connectivity index (χ2v) is 6.85. The van der Waals surface area contributed by atoms with Gasteiger partial charge in [0.2, 0.25) is 5.91 Å². The predicted octanol–water partition coefficient (Wildman–Crippen LogP) is 0.496. The summed E-state index contributed by atoms with van der Waals surface area (Å²) in [5.74, 6) is -0.328. The van der Waals surface area contributed by atoms with Gasteiger partial charge in [0, 0.05) is 32.6 Å². The van der Waals surface area contributed by atoms with Crippen LogP contribution in [0.4, 0.5) is 4.39 Å². The van der Waals surface area contributed by atoms with E-state index in [0.717, 1.165) is 5.56 Å². The van der Waals surface area contributed by atoms with Gasteiger partial charge in [-0.2, -0.15) is 12.7 Å². The Labute approximate surface area is 129 Å². The largest absolute Gasteiger partial charge is 0.341 e. The van der Waals surface area contributed by atoms with Crippen molar-refractivity contribution in [1.29, 1.82) is 0 Å². The van der Waals surface area contributed by atoms with Crippen molar-refractivity contribution in [1.82, 2.24) is 9.21 Å². The maximum absolute atomic E-state index is 12.8. The van der Waals surface area contributed by atoms with Gasteiger partial charge in [-0.25, -0.2) is 9.53 Å². The highest BCUT2D eigenvalue weighted by Gasteiger charge is 2.23. The summed E-state index contributed by atoms with van der Waals surface area (Å²) in [7, 11) is -3.70. The van der Waals surface area contributed by atoms with E-state index in [2.05, 4.69) is 0 Å². The molecule has 1 saturated heterocycles. The molecule has 2 N–H and O–H groups in total. The summed E-state index contributed by atoms with van der Waals surface area (Å²) in [6.45, 7) is 1.43. The lowest BCUT2D eigenvalue weighted by Gasteiger charge is -2.21. The molecule has 0 saturated carbocycles. The molecule has 0 bridgehead atoms. The van der Waals surface area contributed by atoms with Crippen LogP contribution in [0.2, 0.25) is 0 Å². The maximum atomic E-state index is 12.8. The number of aryl methyl sites for hydroxylation is 1. The molecule has 0 radical (unpaired) electrons. The number of benzene rings is 1. The molecule has 8 heteroatoms. The van der Waals surface area contributed by atoms with Crippen LogP contribution in [0.15, 0.2) is 24.3 Å². The molecule has 1 aromatic carbocycles. The van der Waals surface area contributed by atoms with Gasteiger partial charge in [-0.15, -0.1) is 0 Å². The fourth-order valence-electron chi connectivity index (χ4n) is 2.46. The number of amides is 1. The van der Waals surface area contributed by atoms with Crippen molar-refractivity contribution < 1.29 is 17.6 Å². The SMILES string of the molecule is NS(=O)(=O)N1CCCN(C(=O)CCc2ccc(F)cc2)CC1. The van der Waals surface area contributed by atoms with Crippen LogP contribution < -0.4 is 5.14 Å². The Morgan fingerprint density at radius 3 is 2.45 bits per heavy atom. The lowest BCUT2D eigenvalue weighted by Crippen LogP contribution is -2.40. The number of halogens is 1. The van der Waals surface area contributed by atoms with Crippen molar-refractivity contribution in [2.75, 3.05) is 26.2 Å². The minimum absolute atomic E-state index is 0.0272. The standard InChI is InChI=1S/C14H20FN3O3S/c15-13-5-2-12(3-6-13)4-7-14(19)17-8-1-9-18(11-10-17)22(16,20)21/h2-3,5-6H,1,4,7-11H2,(H2,16,20,21). The molecular formula is C14H20FN3O3S. The van der Waals surface area contributed by atoms with Gasteiger partial charge in [0.15, 0.2) is 0 Å². The first-order valence-electron chi connectivity index (χ1n) is 7.16. The van der Waals surface area contributed by atoms with E-state index in [4.69, 9.17) is 5.14 Å². The number of rotatable bonds is 4. The van der Waals surface area contributed by atoms with Crippen LogP contribution in [0.5, 0.6) is 0 Å². The van der Waals surface area contributed by atoms with Crippen LogP contribution in [-0.2, 0) is 21.4 Å². The zero-order chi connectivity index (χ0) is 16.2. The smallest absolute Gasteiger partial charge is 0.276 e. The molecule has 1 heterocycles. The predicted molar refractivity (Wildman–Crippen MR) is 80.6 cm³/mol. The summed E-state index contributed by atoms with van der Waals surface area (Å²) in [5.41, 5.74) is 0.899. The van der Waals surface area contributed by atoms with Crippen molar-refractivity contribution in [3.8, 4) is 0 Å². The molecule has 0 spiro atoms. The molecule has 0 unspecified atom stereocenters. The highest BCUT2D eigenvalue weighted by atomic mass is 32.2. The monoisotopic (exact) mass is 329 g/mol. The van der Waals surface area contributed by atoms with Crippen molar-refractivity contribution in [2.24, 2.45) is 5.14 Å². The Bertz CT molecular complexity index is 619. The molecule has 0 aromatic heterocycles. The molecule has 2 rings (SSSR count). The second kappa shape index (κ2) is 7.17. The molecule has 6 nitrogen and oxygen atoms in total. The van der Waals surface area contributed by atoms with E-state index in [1.165, 1.54) is 16.4 Å². The molecular weight excluding hydrogens is 309 g/mol. The maximum Gasteiger partial charge on any atom is 0.276 e. The number of hydrogen-bond acceptors (Lipinski definition) is 3. The Hall–Kier alpha value is -1.51. The number of carbonyl (C=O) groups excluding carboxylic acids is 1. The van der Waals surface area contributed by atoms with Crippen molar-refractivity contribution in [3.63, 3.8) is 0 Å². The van der Waals surface area contributed by atoms with E-state index in [1.54, 1.807) is 17.0 Å². The lowest BCUT2D eigenvalue weighted by atomic mass is 10.1. The number of nitrogens with zero attached hydrogens (tertiary/aromatic N) is 2. The Morgan fingerprint density at radius 1 is 1.14 bits per heavy atom. The van der Waals surface area contributed by atoms with E-state index in [9.17, 15) is 17.6 Å². The van der Waals surface area contributed by atoms with E-state index in [0.29, 0.717) is 38.9 Å². The van der Waals surface area contributed by atoms with Crippen molar-refractivity contribution >= 4 is 16.1 Å². The molecule has 122 valence electrons. The van der Waals surface area contributed by atoms with Gasteiger partial charge < -0.3 is 4.90 Å². The van der Waals surface area contributed by atoms with Gasteiger partial charge in [-0.1, -0.05) is 12.1 Å². The quantitative estimate of drug-likeness (QED) is 0.873. The fraction of sp³-hybridized carbons (Fsp3) is 0.500. The average molecular weight is 329 g/mol. The van der Waals surface area contributed by atoms with Crippen molar-refractivity contribution in [2.45, 2.75) is 19.3 Å². The molecule has 1 aromatic rings. The first kappa shape index (κ1) is 16.9. The highest BCUT2D eigenvalue weighted by Crippen LogP contribution is 2.10. The van der Waals surface area contributed by atoms with Crippen LogP contribution in [0.1, 0.15) is 18.4 Å². The minimum Gasteiger partial charge on any atom is -0.341 e. The zero-order valence-electron chi connectivity index (χ0n) is 12.2. The van der Waals surface area contributed by atoms with Gasteiger partial charge in [0.05, 0.1) is 0 Å². The molecule has 1 amide bonds. The Kier molecular flexibility index (Phi) is 5.49. The second-order valence-electron chi connectivity index (χ2n) is 5.30. The average Bonchev–Trinajstić information content (AvgIpc) is 2.72. The lowest BCUT2D eigenvalue weighted by molar-refractivity contribution is -0.131. The Morgan fingerprint density at radius 2 is 1.82 bits per heavy atom. The summed E-state index contributed by atoms with van der Waals surface area (Å²) >= 11 is 0. The van der Waals surface area contributed by atoms with E-state index < -0.39 is 10.2 Å². The summed E-state index contributed by atoms with van der Waals surface area (Å²) in [5, 5.41) is 5.11. The van der Waals surface area contributed by atoms with Gasteiger partial charge in [-0.3, -0.25) is 4.79 Å². The highest BCUT2D eigenvalue weighted by molar-refractivity contribution is 7.86. The number of hydrogen-bond donors (Lipinski definition) is 1. The fourth-order valence-corrected chi connectivity index (χ4v) is 3.18. The van der Waals surface area contributed by atoms with Crippen molar-refractivity contribution in [3.05, 3.63) is 35.6 Å². The first-order chi connectivity index (χ1) is 10.4. The molecule has 22 heavy (non-hydrogen) atoms. The topological polar surface area (TPSA) is 83.7 Å². The van der Waals surface area contributed by atoms with Gasteiger partial charge in [0.1, 0.15) is 5.82 Å². The van der Waals surface area contributed by atoms with Crippen LogP contribution >= 0.6 is 0 Å². The van der Waals surface area contributed by atoms with Gasteiger partial charge in [-0.05, 0) is 30.5 Å². The molecule has 1 aliphatic heterocycles. The number of nitrogens with two attached hydrogens (primary N) is 1.